The molecule has 0 saturated carbocycles. The number of rotatable bonds is 2. The van der Waals surface area contributed by atoms with Gasteiger partial charge < -0.3 is 10.0 Å². The molecule has 2 aliphatic heterocycles. The largest absolute Gasteiger partial charge is 0.479 e. The van der Waals surface area contributed by atoms with Crippen LogP contribution in [0.5, 0.6) is 0 Å². The lowest BCUT2D eigenvalue weighted by Gasteiger charge is -2.45. The summed E-state index contributed by atoms with van der Waals surface area (Å²) < 4.78 is 0. The van der Waals surface area contributed by atoms with E-state index in [1.54, 1.807) is 6.19 Å². The van der Waals surface area contributed by atoms with Gasteiger partial charge >= 0.3 is 5.97 Å². The van der Waals surface area contributed by atoms with Crippen molar-refractivity contribution < 1.29 is 19.5 Å². The Balaban J connectivity index is 2.18. The smallest absolute Gasteiger partial charge is 0.337 e. The van der Waals surface area contributed by atoms with Crippen LogP contribution in [0, 0.1) is 11.5 Å². The number of carboxylic acid groups (broad SMARTS) is 1. The molecule has 7 nitrogen and oxygen atoms in total. The van der Waals surface area contributed by atoms with Crippen LogP contribution in [0.2, 0.25) is 0 Å². The summed E-state index contributed by atoms with van der Waals surface area (Å²) in [5, 5.41) is 16.8. The molecule has 2 rings (SSSR count). The summed E-state index contributed by atoms with van der Waals surface area (Å²) in [6, 6.07) is -1.19. The number of β-lactam (4-membered cyclic amide) rings is 1. The Bertz CT molecular complexity index is 446. The maximum atomic E-state index is 11.8. The first-order valence-corrected chi connectivity index (χ1v) is 5.90. The molecule has 2 fully saturated rings. The van der Waals surface area contributed by atoms with Crippen LogP contribution in [0.15, 0.2) is 0 Å². The number of carbonyl (C=O) groups is 3. The van der Waals surface area contributed by atoms with Crippen LogP contribution in [0.1, 0.15) is 6.92 Å². The van der Waals surface area contributed by atoms with Crippen molar-refractivity contribution in [3.63, 3.8) is 0 Å². The normalized spacial score (nSPS) is 30.2. The zero-order chi connectivity index (χ0) is 12.7. The molecular formula is C9H9N3O4S. The number of nitrogens with zero attached hydrogens (tertiary/aromatic N) is 3. The van der Waals surface area contributed by atoms with E-state index in [1.807, 2.05) is 0 Å². The lowest BCUT2D eigenvalue weighted by molar-refractivity contribution is -0.164. The summed E-state index contributed by atoms with van der Waals surface area (Å²) in [5.41, 5.74) is 0. The van der Waals surface area contributed by atoms with Crippen LogP contribution in [-0.4, -0.2) is 55.9 Å². The highest BCUT2D eigenvalue weighted by Crippen LogP contribution is 2.40. The molecule has 0 aromatic rings. The molecule has 0 aromatic heterocycles. The van der Waals surface area contributed by atoms with Crippen molar-refractivity contribution in [2.24, 2.45) is 0 Å². The Morgan fingerprint density at radius 3 is 2.76 bits per heavy atom. The van der Waals surface area contributed by atoms with Gasteiger partial charge in [-0.05, 0) is 0 Å². The van der Waals surface area contributed by atoms with Crippen molar-refractivity contribution in [1.82, 2.24) is 9.80 Å². The van der Waals surface area contributed by atoms with Crippen LogP contribution >= 0.6 is 11.8 Å². The Kier molecular flexibility index (Phi) is 2.71. The van der Waals surface area contributed by atoms with Crippen molar-refractivity contribution in [3.05, 3.63) is 0 Å². The fraction of sp³-hybridized carbons (Fsp3) is 0.556. The van der Waals surface area contributed by atoms with Crippen LogP contribution in [0.4, 0.5) is 0 Å². The number of carbonyl (C=O) groups excluding carboxylic acids is 2. The third-order valence-corrected chi connectivity index (χ3v) is 4.12. The van der Waals surface area contributed by atoms with E-state index < -0.39 is 29.2 Å². The molecule has 2 saturated heterocycles. The first-order chi connectivity index (χ1) is 7.99. The van der Waals surface area contributed by atoms with Gasteiger partial charge in [-0.15, -0.1) is 11.8 Å². The molecule has 0 bridgehead atoms. The summed E-state index contributed by atoms with van der Waals surface area (Å²) in [7, 11) is 0. The first-order valence-electron chi connectivity index (χ1n) is 4.85. The average molecular weight is 255 g/mol. The molecular weight excluding hydrogens is 246 g/mol. The lowest BCUT2D eigenvalue weighted by atomic mass is 9.95. The quantitative estimate of drug-likeness (QED) is 0.388. The predicted octanol–water partition coefficient (Wildman–Crippen LogP) is -0.947. The van der Waals surface area contributed by atoms with Crippen molar-refractivity contribution in [2.45, 2.75) is 24.4 Å². The van der Waals surface area contributed by atoms with Gasteiger partial charge in [0.25, 0.3) is 5.91 Å². The summed E-state index contributed by atoms with van der Waals surface area (Å²) in [4.78, 5) is 35.8. The topological polar surface area (TPSA) is 102 Å². The number of thioether (sulfide) groups is 1. The van der Waals surface area contributed by atoms with Gasteiger partial charge in [0.05, 0.1) is 6.04 Å². The Morgan fingerprint density at radius 2 is 2.29 bits per heavy atom. The number of carboxylic acids is 1. The second-order valence-electron chi connectivity index (χ2n) is 3.77. The molecule has 0 spiro atoms. The third-order valence-electron chi connectivity index (χ3n) is 2.84. The molecule has 8 heteroatoms. The minimum Gasteiger partial charge on any atom is -0.479 e. The van der Waals surface area contributed by atoms with E-state index in [-0.39, 0.29) is 6.04 Å². The molecule has 1 N–H and O–H groups in total. The Labute approximate surface area is 101 Å². The maximum Gasteiger partial charge on any atom is 0.337 e. The first kappa shape index (κ1) is 11.7. The van der Waals surface area contributed by atoms with Crippen molar-refractivity contribution in [3.8, 4) is 6.19 Å². The van der Waals surface area contributed by atoms with E-state index >= 15 is 0 Å². The van der Waals surface area contributed by atoms with Crippen LogP contribution in [0.3, 0.4) is 0 Å². The second-order valence-corrected chi connectivity index (χ2v) is 4.88. The van der Waals surface area contributed by atoms with Crippen LogP contribution < -0.4 is 0 Å². The number of amides is 2. The fourth-order valence-electron chi connectivity index (χ4n) is 2.08. The number of nitriles is 1. The standard InChI is InChI=1S/C9H9N3O4S/c1-4(13)11(3-10)6-5-2-17-8(9(15)16)12(5)7(6)14/h5-6,8H,2H2,1H3,(H,15,16)/t5?,6-,8?/m0/s1. The van der Waals surface area contributed by atoms with Crippen molar-refractivity contribution >= 4 is 29.5 Å². The highest BCUT2D eigenvalue weighted by atomic mass is 32.2. The molecule has 2 aliphatic rings. The molecule has 0 radical (unpaired) electrons. The highest BCUT2D eigenvalue weighted by molar-refractivity contribution is 8.00. The van der Waals surface area contributed by atoms with E-state index in [1.165, 1.54) is 11.8 Å². The van der Waals surface area contributed by atoms with Gasteiger partial charge in [0, 0.05) is 12.7 Å². The van der Waals surface area contributed by atoms with Gasteiger partial charge in [0.1, 0.15) is 6.04 Å². The molecule has 3 atom stereocenters. The predicted molar refractivity (Wildman–Crippen MR) is 56.4 cm³/mol. The van der Waals surface area contributed by atoms with Gasteiger partial charge in [-0.2, -0.15) is 5.26 Å². The van der Waals surface area contributed by atoms with Crippen molar-refractivity contribution in [1.29, 1.82) is 5.26 Å². The molecule has 0 aliphatic carbocycles. The van der Waals surface area contributed by atoms with Gasteiger partial charge in [0.15, 0.2) is 11.6 Å². The minimum absolute atomic E-state index is 0.364. The minimum atomic E-state index is -1.07. The van der Waals surface area contributed by atoms with Gasteiger partial charge in [-0.25, -0.2) is 9.69 Å². The van der Waals surface area contributed by atoms with Crippen LogP contribution in [-0.2, 0) is 14.4 Å². The number of hydrogen-bond acceptors (Lipinski definition) is 5. The van der Waals surface area contributed by atoms with Gasteiger partial charge in [-0.3, -0.25) is 9.59 Å². The van der Waals surface area contributed by atoms with Gasteiger partial charge in [-0.1, -0.05) is 0 Å². The lowest BCUT2D eigenvalue weighted by Crippen LogP contribution is -2.71. The Morgan fingerprint density at radius 1 is 1.65 bits per heavy atom. The summed E-state index contributed by atoms with van der Waals surface area (Å²) in [6.07, 6.45) is 1.67. The maximum absolute atomic E-state index is 11.8. The number of hydrogen-bond donors (Lipinski definition) is 1. The zero-order valence-corrected chi connectivity index (χ0v) is 9.68. The molecule has 2 unspecified atom stereocenters. The second kappa shape index (κ2) is 3.92. The number of fused-ring (bicyclic) bond motifs is 1. The summed E-state index contributed by atoms with van der Waals surface area (Å²) >= 11 is 1.13. The van der Waals surface area contributed by atoms with E-state index in [0.29, 0.717) is 5.75 Å². The summed E-state index contributed by atoms with van der Waals surface area (Å²) in [6.45, 7) is 1.20. The average Bonchev–Trinajstić information content (AvgIpc) is 2.64. The van der Waals surface area contributed by atoms with Crippen LogP contribution in [0.25, 0.3) is 0 Å². The molecule has 17 heavy (non-hydrogen) atoms. The van der Waals surface area contributed by atoms with E-state index in [0.717, 1.165) is 16.7 Å². The summed E-state index contributed by atoms with van der Waals surface area (Å²) in [5.74, 6) is -1.62. The van der Waals surface area contributed by atoms with E-state index in [4.69, 9.17) is 10.4 Å². The molecule has 90 valence electrons. The highest BCUT2D eigenvalue weighted by Gasteiger charge is 2.59. The number of aliphatic carboxylic acids is 1. The van der Waals surface area contributed by atoms with Crippen molar-refractivity contribution in [2.75, 3.05) is 5.75 Å². The fourth-order valence-corrected chi connectivity index (χ4v) is 3.37. The molecule has 0 aromatic carbocycles. The SMILES string of the molecule is CC(=O)N(C#N)[C@@H]1C(=O)N2C(C(=O)O)SCC12. The zero-order valence-electron chi connectivity index (χ0n) is 8.86. The molecule has 2 heterocycles. The third kappa shape index (κ3) is 1.54. The van der Waals surface area contributed by atoms with Gasteiger partial charge in [0.2, 0.25) is 5.91 Å². The monoisotopic (exact) mass is 255 g/mol. The molecule has 2 amide bonds. The van der Waals surface area contributed by atoms with E-state index in [9.17, 15) is 14.4 Å². The van der Waals surface area contributed by atoms with E-state index in [2.05, 4.69) is 0 Å². The Hall–Kier alpha value is -1.75.